The lowest BCUT2D eigenvalue weighted by atomic mass is 10.4. The van der Waals surface area contributed by atoms with Gasteiger partial charge in [0.2, 0.25) is 5.95 Å². The van der Waals surface area contributed by atoms with E-state index in [0.717, 1.165) is 5.65 Å². The van der Waals surface area contributed by atoms with Crippen LogP contribution in [0.2, 0.25) is 0 Å². The predicted octanol–water partition coefficient (Wildman–Crippen LogP) is 1.31. The zero-order valence-electron chi connectivity index (χ0n) is 8.79. The van der Waals surface area contributed by atoms with Gasteiger partial charge in [0, 0.05) is 24.8 Å². The summed E-state index contributed by atoms with van der Waals surface area (Å²) in [7, 11) is 0. The van der Waals surface area contributed by atoms with Gasteiger partial charge in [0.15, 0.2) is 0 Å². The van der Waals surface area contributed by atoms with Gasteiger partial charge in [-0.3, -0.25) is 10.1 Å². The number of hydrogen-bond acceptors (Lipinski definition) is 3. The van der Waals surface area contributed by atoms with Gasteiger partial charge < -0.3 is 9.38 Å². The molecule has 0 spiro atoms. The molecule has 0 saturated heterocycles. The molecule has 6 nitrogen and oxygen atoms in total. The van der Waals surface area contributed by atoms with Crippen molar-refractivity contribution < 1.29 is 4.79 Å². The van der Waals surface area contributed by atoms with Crippen molar-refractivity contribution in [2.24, 2.45) is 0 Å². The second-order valence-corrected chi connectivity index (χ2v) is 3.48. The van der Waals surface area contributed by atoms with Crippen LogP contribution in [0.1, 0.15) is 10.5 Å². The maximum absolute atomic E-state index is 11.8. The maximum atomic E-state index is 11.8. The number of nitrogens with one attached hydrogen (secondary N) is 2. The van der Waals surface area contributed by atoms with Gasteiger partial charge in [0.05, 0.1) is 0 Å². The summed E-state index contributed by atoms with van der Waals surface area (Å²) in [6.07, 6.45) is 6.72. The first-order valence-corrected chi connectivity index (χ1v) is 5.07. The van der Waals surface area contributed by atoms with Crippen molar-refractivity contribution in [1.29, 1.82) is 0 Å². The summed E-state index contributed by atoms with van der Waals surface area (Å²) >= 11 is 0. The number of carbonyl (C=O) groups is 1. The van der Waals surface area contributed by atoms with E-state index in [1.807, 2.05) is 24.4 Å². The fourth-order valence-electron chi connectivity index (χ4n) is 1.55. The van der Waals surface area contributed by atoms with Gasteiger partial charge >= 0.3 is 0 Å². The molecule has 17 heavy (non-hydrogen) atoms. The number of aromatic nitrogens is 4. The van der Waals surface area contributed by atoms with Crippen molar-refractivity contribution in [2.75, 3.05) is 5.32 Å². The van der Waals surface area contributed by atoms with E-state index >= 15 is 0 Å². The Morgan fingerprint density at radius 1 is 1.41 bits per heavy atom. The van der Waals surface area contributed by atoms with Crippen LogP contribution in [0.4, 0.5) is 5.95 Å². The molecule has 0 aliphatic rings. The molecule has 0 aromatic carbocycles. The summed E-state index contributed by atoms with van der Waals surface area (Å²) < 4.78 is 1.79. The first-order valence-electron chi connectivity index (χ1n) is 5.07. The van der Waals surface area contributed by atoms with Gasteiger partial charge in [0.1, 0.15) is 11.3 Å². The molecule has 0 atom stereocenters. The number of imidazole rings is 2. The molecular weight excluding hydrogens is 218 g/mol. The third-order valence-electron chi connectivity index (χ3n) is 2.33. The highest BCUT2D eigenvalue weighted by molar-refractivity contribution is 6.02. The minimum absolute atomic E-state index is 0.288. The van der Waals surface area contributed by atoms with E-state index in [0.29, 0.717) is 11.6 Å². The fraction of sp³-hybridized carbons (Fsp3) is 0. The van der Waals surface area contributed by atoms with Crippen LogP contribution in [0.5, 0.6) is 0 Å². The fourth-order valence-corrected chi connectivity index (χ4v) is 1.55. The SMILES string of the molecule is O=C(Nc1ncc[nH]1)c1cn2ccccc2n1. The second-order valence-electron chi connectivity index (χ2n) is 3.48. The van der Waals surface area contributed by atoms with E-state index in [1.165, 1.54) is 0 Å². The molecular formula is C11H9N5O. The Bertz CT molecular complexity index is 622. The van der Waals surface area contributed by atoms with Crippen molar-refractivity contribution in [1.82, 2.24) is 19.4 Å². The molecule has 0 unspecified atom stereocenters. The molecule has 3 aromatic rings. The van der Waals surface area contributed by atoms with Gasteiger partial charge in [-0.05, 0) is 12.1 Å². The molecule has 0 radical (unpaired) electrons. The smallest absolute Gasteiger partial charge is 0.278 e. The summed E-state index contributed by atoms with van der Waals surface area (Å²) in [5.41, 5.74) is 1.09. The van der Waals surface area contributed by atoms with Crippen LogP contribution < -0.4 is 5.32 Å². The number of amides is 1. The van der Waals surface area contributed by atoms with Crippen LogP contribution >= 0.6 is 0 Å². The van der Waals surface area contributed by atoms with Crippen LogP contribution in [0.15, 0.2) is 43.0 Å². The van der Waals surface area contributed by atoms with E-state index in [4.69, 9.17) is 0 Å². The summed E-state index contributed by atoms with van der Waals surface area (Å²) in [5.74, 6) is 0.121. The number of pyridine rings is 1. The number of fused-ring (bicyclic) bond motifs is 1. The van der Waals surface area contributed by atoms with Crippen LogP contribution in [-0.4, -0.2) is 25.3 Å². The molecule has 84 valence electrons. The highest BCUT2D eigenvalue weighted by Crippen LogP contribution is 2.06. The normalized spacial score (nSPS) is 10.6. The maximum Gasteiger partial charge on any atom is 0.278 e. The van der Waals surface area contributed by atoms with Gasteiger partial charge in [0.25, 0.3) is 5.91 Å². The van der Waals surface area contributed by atoms with Crippen LogP contribution in [0.25, 0.3) is 5.65 Å². The largest absolute Gasteiger partial charge is 0.331 e. The third-order valence-corrected chi connectivity index (χ3v) is 2.33. The number of nitrogens with zero attached hydrogens (tertiary/aromatic N) is 3. The number of anilines is 1. The Balaban J connectivity index is 1.90. The Labute approximate surface area is 96.3 Å². The zero-order valence-corrected chi connectivity index (χ0v) is 8.79. The topological polar surface area (TPSA) is 75.1 Å². The van der Waals surface area contributed by atoms with Crippen LogP contribution in [0.3, 0.4) is 0 Å². The molecule has 0 fully saturated rings. The average molecular weight is 227 g/mol. The van der Waals surface area contributed by atoms with Gasteiger partial charge in [-0.2, -0.15) is 0 Å². The second kappa shape index (κ2) is 3.75. The van der Waals surface area contributed by atoms with E-state index in [2.05, 4.69) is 20.3 Å². The molecule has 1 amide bonds. The molecule has 6 heteroatoms. The number of H-pyrrole nitrogens is 1. The standard InChI is InChI=1S/C11H9N5O/c17-10(15-11-12-4-5-13-11)8-7-16-6-2-1-3-9(16)14-8/h1-7H,(H2,12,13,15,17). The Morgan fingerprint density at radius 3 is 3.12 bits per heavy atom. The van der Waals surface area contributed by atoms with E-state index in [9.17, 15) is 4.79 Å². The van der Waals surface area contributed by atoms with Gasteiger partial charge in [-0.1, -0.05) is 6.07 Å². The quantitative estimate of drug-likeness (QED) is 0.693. The van der Waals surface area contributed by atoms with E-state index < -0.39 is 0 Å². The lowest BCUT2D eigenvalue weighted by molar-refractivity contribution is 0.102. The first-order chi connectivity index (χ1) is 8.33. The molecule has 0 aliphatic carbocycles. The number of carbonyl (C=O) groups excluding carboxylic acids is 1. The summed E-state index contributed by atoms with van der Waals surface area (Å²) in [5, 5.41) is 2.62. The van der Waals surface area contributed by atoms with Crippen molar-refractivity contribution in [2.45, 2.75) is 0 Å². The third kappa shape index (κ3) is 1.76. The molecule has 2 N–H and O–H groups in total. The van der Waals surface area contributed by atoms with Gasteiger partial charge in [-0.25, -0.2) is 9.97 Å². The summed E-state index contributed by atoms with van der Waals surface area (Å²) in [6, 6.07) is 5.59. The van der Waals surface area contributed by atoms with Crippen molar-refractivity contribution >= 4 is 17.5 Å². The number of rotatable bonds is 2. The lowest BCUT2D eigenvalue weighted by Gasteiger charge is -1.96. The monoisotopic (exact) mass is 227 g/mol. The molecule has 0 bridgehead atoms. The lowest BCUT2D eigenvalue weighted by Crippen LogP contribution is -2.13. The molecule has 3 aromatic heterocycles. The highest BCUT2D eigenvalue weighted by Gasteiger charge is 2.11. The zero-order chi connectivity index (χ0) is 11.7. The molecule has 3 heterocycles. The average Bonchev–Trinajstić information content (AvgIpc) is 2.96. The van der Waals surface area contributed by atoms with Crippen LogP contribution in [0, 0.1) is 0 Å². The van der Waals surface area contributed by atoms with Crippen molar-refractivity contribution in [3.63, 3.8) is 0 Å². The number of aromatic amines is 1. The summed E-state index contributed by atoms with van der Waals surface area (Å²) in [6.45, 7) is 0. The first kappa shape index (κ1) is 9.59. The van der Waals surface area contributed by atoms with Crippen molar-refractivity contribution in [3.8, 4) is 0 Å². The van der Waals surface area contributed by atoms with E-state index in [1.54, 1.807) is 23.0 Å². The molecule has 0 aliphatic heterocycles. The van der Waals surface area contributed by atoms with Crippen molar-refractivity contribution in [3.05, 3.63) is 48.7 Å². The highest BCUT2D eigenvalue weighted by atomic mass is 16.2. The minimum atomic E-state index is -0.288. The predicted molar refractivity (Wildman–Crippen MR) is 61.7 cm³/mol. The number of hydrogen-bond donors (Lipinski definition) is 2. The minimum Gasteiger partial charge on any atom is -0.331 e. The van der Waals surface area contributed by atoms with E-state index in [-0.39, 0.29) is 5.91 Å². The Hall–Kier alpha value is -2.63. The molecule has 3 rings (SSSR count). The summed E-state index contributed by atoms with van der Waals surface area (Å²) in [4.78, 5) is 22.7. The molecule has 0 saturated carbocycles. The Morgan fingerprint density at radius 2 is 2.35 bits per heavy atom. The van der Waals surface area contributed by atoms with Gasteiger partial charge in [-0.15, -0.1) is 0 Å². The van der Waals surface area contributed by atoms with Crippen LogP contribution in [-0.2, 0) is 0 Å². The Kier molecular flexibility index (Phi) is 2.11.